The monoisotopic (exact) mass is 266 g/mol. The van der Waals surface area contributed by atoms with Gasteiger partial charge in [-0.1, -0.05) is 29.5 Å². The van der Waals surface area contributed by atoms with Crippen LogP contribution >= 0.6 is 23.1 Å². The molecule has 17 heavy (non-hydrogen) atoms. The SMILES string of the molecule is CSc1sc(Nc2ccccc2CO)nc1C. The van der Waals surface area contributed by atoms with Gasteiger partial charge in [0.1, 0.15) is 0 Å². The van der Waals surface area contributed by atoms with E-state index in [-0.39, 0.29) is 6.61 Å². The minimum atomic E-state index is 0.0307. The zero-order valence-electron chi connectivity index (χ0n) is 9.73. The minimum Gasteiger partial charge on any atom is -0.392 e. The van der Waals surface area contributed by atoms with Crippen molar-refractivity contribution in [2.75, 3.05) is 11.6 Å². The summed E-state index contributed by atoms with van der Waals surface area (Å²) in [4.78, 5) is 4.46. The molecule has 1 aromatic carbocycles. The van der Waals surface area contributed by atoms with Gasteiger partial charge in [0.25, 0.3) is 0 Å². The molecule has 0 saturated carbocycles. The van der Waals surface area contributed by atoms with Gasteiger partial charge in [-0.05, 0) is 19.2 Å². The molecule has 3 nitrogen and oxygen atoms in total. The van der Waals surface area contributed by atoms with E-state index in [0.29, 0.717) is 0 Å². The van der Waals surface area contributed by atoms with Crippen LogP contribution in [0.5, 0.6) is 0 Å². The maximum atomic E-state index is 9.24. The lowest BCUT2D eigenvalue weighted by atomic mass is 10.2. The van der Waals surface area contributed by atoms with Crippen LogP contribution in [-0.4, -0.2) is 16.3 Å². The molecule has 2 rings (SSSR count). The van der Waals surface area contributed by atoms with E-state index < -0.39 is 0 Å². The topological polar surface area (TPSA) is 45.1 Å². The number of rotatable bonds is 4. The van der Waals surface area contributed by atoms with Crippen LogP contribution in [0.3, 0.4) is 0 Å². The Morgan fingerprint density at radius 3 is 2.82 bits per heavy atom. The van der Waals surface area contributed by atoms with Crippen molar-refractivity contribution in [3.8, 4) is 0 Å². The second kappa shape index (κ2) is 5.53. The van der Waals surface area contributed by atoms with E-state index in [1.807, 2.05) is 37.4 Å². The molecule has 5 heteroatoms. The molecule has 0 saturated heterocycles. The van der Waals surface area contributed by atoms with Gasteiger partial charge in [-0.25, -0.2) is 4.98 Å². The number of nitrogens with zero attached hydrogens (tertiary/aromatic N) is 1. The molecule has 90 valence electrons. The number of benzene rings is 1. The fourth-order valence-corrected chi connectivity index (χ4v) is 3.14. The normalized spacial score (nSPS) is 10.5. The standard InChI is InChI=1S/C12H14N2OS2/c1-8-11(16-2)17-12(13-8)14-10-6-4-3-5-9(10)7-15/h3-6,15H,7H2,1-2H3,(H,13,14). The summed E-state index contributed by atoms with van der Waals surface area (Å²) >= 11 is 3.34. The number of aryl methyl sites for hydroxylation is 1. The van der Waals surface area contributed by atoms with E-state index in [2.05, 4.69) is 10.3 Å². The van der Waals surface area contributed by atoms with Gasteiger partial charge in [0.2, 0.25) is 0 Å². The molecule has 0 amide bonds. The zero-order chi connectivity index (χ0) is 12.3. The molecule has 2 aromatic rings. The van der Waals surface area contributed by atoms with Gasteiger partial charge in [-0.3, -0.25) is 0 Å². The average molecular weight is 266 g/mol. The lowest BCUT2D eigenvalue weighted by molar-refractivity contribution is 0.282. The van der Waals surface area contributed by atoms with Crippen molar-refractivity contribution in [1.82, 2.24) is 4.98 Å². The van der Waals surface area contributed by atoms with E-state index in [1.165, 1.54) is 4.21 Å². The average Bonchev–Trinajstić information content (AvgIpc) is 2.70. The highest BCUT2D eigenvalue weighted by Gasteiger charge is 2.08. The predicted molar refractivity (Wildman–Crippen MR) is 74.3 cm³/mol. The summed E-state index contributed by atoms with van der Waals surface area (Å²) in [7, 11) is 0. The van der Waals surface area contributed by atoms with Gasteiger partial charge in [-0.15, -0.1) is 11.8 Å². The van der Waals surface area contributed by atoms with Crippen LogP contribution in [0.4, 0.5) is 10.8 Å². The van der Waals surface area contributed by atoms with Crippen LogP contribution in [0.25, 0.3) is 0 Å². The van der Waals surface area contributed by atoms with Gasteiger partial charge in [0.15, 0.2) is 5.13 Å². The summed E-state index contributed by atoms with van der Waals surface area (Å²) in [5.74, 6) is 0. The Morgan fingerprint density at radius 1 is 1.41 bits per heavy atom. The van der Waals surface area contributed by atoms with E-state index in [4.69, 9.17) is 0 Å². The quantitative estimate of drug-likeness (QED) is 0.832. The van der Waals surface area contributed by atoms with Gasteiger partial charge < -0.3 is 10.4 Å². The van der Waals surface area contributed by atoms with Crippen molar-refractivity contribution in [1.29, 1.82) is 0 Å². The first-order valence-corrected chi connectivity index (χ1v) is 7.26. The summed E-state index contributed by atoms with van der Waals surface area (Å²) < 4.78 is 1.22. The van der Waals surface area contributed by atoms with Crippen LogP contribution in [0.1, 0.15) is 11.3 Å². The molecule has 1 heterocycles. The van der Waals surface area contributed by atoms with E-state index >= 15 is 0 Å². The number of anilines is 2. The van der Waals surface area contributed by atoms with Crippen LogP contribution in [-0.2, 0) is 6.61 Å². The summed E-state index contributed by atoms with van der Waals surface area (Å²) in [5.41, 5.74) is 2.84. The highest BCUT2D eigenvalue weighted by molar-refractivity contribution is 8.00. The Labute approximate surface area is 109 Å². The lowest BCUT2D eigenvalue weighted by Gasteiger charge is -2.07. The Balaban J connectivity index is 2.25. The molecule has 0 aliphatic rings. The number of aromatic nitrogens is 1. The second-order valence-electron chi connectivity index (χ2n) is 3.54. The van der Waals surface area contributed by atoms with E-state index in [9.17, 15) is 5.11 Å². The van der Waals surface area contributed by atoms with Crippen molar-refractivity contribution in [3.63, 3.8) is 0 Å². The second-order valence-corrected chi connectivity index (χ2v) is 5.61. The Morgan fingerprint density at radius 2 is 2.18 bits per heavy atom. The first-order chi connectivity index (χ1) is 8.24. The van der Waals surface area contributed by atoms with Crippen molar-refractivity contribution >= 4 is 33.9 Å². The van der Waals surface area contributed by atoms with E-state index in [0.717, 1.165) is 22.1 Å². The summed E-state index contributed by atoms with van der Waals surface area (Å²) in [6.07, 6.45) is 2.05. The third-order valence-electron chi connectivity index (χ3n) is 2.37. The fraction of sp³-hybridized carbons (Fsp3) is 0.250. The molecule has 2 N–H and O–H groups in total. The van der Waals surface area contributed by atoms with Crippen molar-refractivity contribution in [2.24, 2.45) is 0 Å². The first-order valence-electron chi connectivity index (χ1n) is 5.21. The van der Waals surface area contributed by atoms with Crippen LogP contribution in [0, 0.1) is 6.92 Å². The molecule has 0 radical (unpaired) electrons. The minimum absolute atomic E-state index is 0.0307. The molecular weight excluding hydrogens is 252 g/mol. The highest BCUT2D eigenvalue weighted by Crippen LogP contribution is 2.32. The van der Waals surface area contributed by atoms with E-state index in [1.54, 1.807) is 23.1 Å². The Bertz CT molecular complexity index is 511. The number of aliphatic hydroxyl groups excluding tert-OH is 1. The molecule has 0 atom stereocenters. The largest absolute Gasteiger partial charge is 0.392 e. The van der Waals surface area contributed by atoms with Gasteiger partial charge >= 0.3 is 0 Å². The third-order valence-corrected chi connectivity index (χ3v) is 4.65. The zero-order valence-corrected chi connectivity index (χ0v) is 11.4. The maximum Gasteiger partial charge on any atom is 0.188 e. The molecule has 0 bridgehead atoms. The van der Waals surface area contributed by atoms with Crippen LogP contribution < -0.4 is 5.32 Å². The first kappa shape index (κ1) is 12.4. The number of hydrogen-bond acceptors (Lipinski definition) is 5. The number of thiazole rings is 1. The molecule has 0 fully saturated rings. The third kappa shape index (κ3) is 2.80. The Kier molecular flexibility index (Phi) is 4.04. The summed E-state index contributed by atoms with van der Waals surface area (Å²) in [6, 6.07) is 7.70. The number of nitrogens with one attached hydrogen (secondary N) is 1. The van der Waals surface area contributed by atoms with Crippen LogP contribution in [0.15, 0.2) is 28.5 Å². The Hall–Kier alpha value is -1.04. The molecule has 0 spiro atoms. The fourth-order valence-electron chi connectivity index (χ4n) is 1.52. The van der Waals surface area contributed by atoms with Crippen molar-refractivity contribution < 1.29 is 5.11 Å². The number of thioether (sulfide) groups is 1. The van der Waals surface area contributed by atoms with Crippen molar-refractivity contribution in [2.45, 2.75) is 17.7 Å². The summed E-state index contributed by atoms with van der Waals surface area (Å²) in [5, 5.41) is 13.4. The molecule has 0 aliphatic heterocycles. The van der Waals surface area contributed by atoms with Crippen molar-refractivity contribution in [3.05, 3.63) is 35.5 Å². The molecule has 0 unspecified atom stereocenters. The molecule has 1 aromatic heterocycles. The predicted octanol–water partition coefficient (Wildman–Crippen LogP) is 3.41. The molecular formula is C12H14N2OS2. The van der Waals surface area contributed by atoms with Gasteiger partial charge in [0, 0.05) is 11.3 Å². The number of para-hydroxylation sites is 1. The number of aliphatic hydroxyl groups is 1. The number of hydrogen-bond donors (Lipinski definition) is 2. The van der Waals surface area contributed by atoms with Gasteiger partial charge in [-0.2, -0.15) is 0 Å². The van der Waals surface area contributed by atoms with Gasteiger partial charge in [0.05, 0.1) is 16.5 Å². The van der Waals surface area contributed by atoms with Crippen LogP contribution in [0.2, 0.25) is 0 Å². The lowest BCUT2D eigenvalue weighted by Crippen LogP contribution is -1.95. The maximum absolute atomic E-state index is 9.24. The smallest absolute Gasteiger partial charge is 0.188 e. The highest BCUT2D eigenvalue weighted by atomic mass is 32.2. The summed E-state index contributed by atoms with van der Waals surface area (Å²) in [6.45, 7) is 2.04. The molecule has 0 aliphatic carbocycles.